The molecule has 0 aliphatic carbocycles. The average molecular weight is 361 g/mol. The number of carbonyl (C=O) groups is 4. The minimum Gasteiger partial charge on any atom is -0.481 e. The number of nitrogens with zero attached hydrogens (tertiary/aromatic N) is 1. The van der Waals surface area contributed by atoms with Crippen LogP contribution in [0.2, 0.25) is 0 Å². The van der Waals surface area contributed by atoms with E-state index in [0.29, 0.717) is 22.2 Å². The summed E-state index contributed by atoms with van der Waals surface area (Å²) >= 11 is 0.595. The topological polar surface area (TPSA) is 112 Å². The summed E-state index contributed by atoms with van der Waals surface area (Å²) in [6.07, 6.45) is 2.44. The molecule has 2 amide bonds. The second-order valence-electron chi connectivity index (χ2n) is 5.30. The van der Waals surface area contributed by atoms with Crippen molar-refractivity contribution in [2.24, 2.45) is 0 Å². The first kappa shape index (κ1) is 18.5. The van der Waals surface area contributed by atoms with Crippen LogP contribution in [0, 0.1) is 0 Å². The Hall–Kier alpha value is -2.87. The molecule has 1 aromatic rings. The van der Waals surface area contributed by atoms with Gasteiger partial charge in [0.1, 0.15) is 6.04 Å². The Morgan fingerprint density at radius 1 is 1.20 bits per heavy atom. The van der Waals surface area contributed by atoms with Gasteiger partial charge in [0.2, 0.25) is 0 Å². The molecule has 2 N–H and O–H groups in total. The molecule has 2 rings (SSSR count). The van der Waals surface area contributed by atoms with Gasteiger partial charge in [-0.25, -0.2) is 4.79 Å². The van der Waals surface area contributed by atoms with Crippen molar-refractivity contribution in [3.8, 4) is 0 Å². The Labute approximate surface area is 147 Å². The summed E-state index contributed by atoms with van der Waals surface area (Å²) in [7, 11) is 0. The van der Waals surface area contributed by atoms with Gasteiger partial charge in [0, 0.05) is 0 Å². The molecule has 0 bridgehead atoms. The van der Waals surface area contributed by atoms with Crippen molar-refractivity contribution < 1.29 is 29.4 Å². The number of carbonyl (C=O) groups excluding carboxylic acids is 2. The number of benzene rings is 1. The van der Waals surface area contributed by atoms with Crippen LogP contribution in [0.4, 0.5) is 4.79 Å². The van der Waals surface area contributed by atoms with Gasteiger partial charge < -0.3 is 10.2 Å². The van der Waals surface area contributed by atoms with E-state index in [9.17, 15) is 19.2 Å². The molecule has 1 heterocycles. The number of aliphatic carboxylic acids is 2. The molecule has 0 aromatic heterocycles. The van der Waals surface area contributed by atoms with Crippen LogP contribution in [0.3, 0.4) is 0 Å². The van der Waals surface area contributed by atoms with E-state index in [1.165, 1.54) is 6.08 Å². The molecule has 8 heteroatoms. The van der Waals surface area contributed by atoms with Crippen molar-refractivity contribution in [1.29, 1.82) is 0 Å². The van der Waals surface area contributed by atoms with Crippen LogP contribution in [0.1, 0.15) is 18.9 Å². The Bertz CT molecular complexity index is 784. The summed E-state index contributed by atoms with van der Waals surface area (Å²) in [6, 6.07) is 7.60. The molecule has 1 aliphatic heterocycles. The van der Waals surface area contributed by atoms with Crippen LogP contribution >= 0.6 is 11.8 Å². The van der Waals surface area contributed by atoms with Gasteiger partial charge in [-0.1, -0.05) is 36.4 Å². The standard InChI is InChI=1S/C17H15NO6S/c1-10(7-11-5-3-2-4-6-11)8-13-15(21)18(17(24)25-13)12(16(22)23)9-14(19)20/h2-8,12H,9H2,1H3,(H,19,20)(H,22,23)/b10-7+,13-8-/t12-/m1/s1. The SMILES string of the molecule is CC(/C=C1\SC(=O)N([C@H](CC(=O)O)C(=O)O)C1=O)=C\c1ccccc1. The minimum absolute atomic E-state index is 0.0614. The van der Waals surface area contributed by atoms with Gasteiger partial charge in [-0.3, -0.25) is 19.3 Å². The van der Waals surface area contributed by atoms with E-state index >= 15 is 0 Å². The lowest BCUT2D eigenvalue weighted by Crippen LogP contribution is -2.45. The van der Waals surface area contributed by atoms with E-state index < -0.39 is 35.5 Å². The predicted molar refractivity (Wildman–Crippen MR) is 91.7 cm³/mol. The van der Waals surface area contributed by atoms with E-state index in [1.54, 1.807) is 13.0 Å². The highest BCUT2D eigenvalue weighted by Crippen LogP contribution is 2.34. The van der Waals surface area contributed by atoms with E-state index in [2.05, 4.69) is 0 Å². The fraction of sp³-hybridized carbons (Fsp3) is 0.176. The molecule has 25 heavy (non-hydrogen) atoms. The molecular weight excluding hydrogens is 346 g/mol. The lowest BCUT2D eigenvalue weighted by Gasteiger charge is -2.19. The van der Waals surface area contributed by atoms with Gasteiger partial charge in [-0.2, -0.15) is 0 Å². The highest BCUT2D eigenvalue weighted by atomic mass is 32.2. The van der Waals surface area contributed by atoms with E-state index in [4.69, 9.17) is 10.2 Å². The van der Waals surface area contributed by atoms with Crippen LogP contribution in [-0.4, -0.2) is 44.2 Å². The van der Waals surface area contributed by atoms with Crippen LogP contribution in [0.5, 0.6) is 0 Å². The molecule has 7 nitrogen and oxygen atoms in total. The molecular formula is C17H15NO6S. The van der Waals surface area contributed by atoms with Crippen molar-refractivity contribution in [2.45, 2.75) is 19.4 Å². The van der Waals surface area contributed by atoms with E-state index in [0.717, 1.165) is 5.56 Å². The Kier molecular flexibility index (Phi) is 5.76. The zero-order valence-electron chi connectivity index (χ0n) is 13.2. The van der Waals surface area contributed by atoms with Crippen LogP contribution in [-0.2, 0) is 14.4 Å². The van der Waals surface area contributed by atoms with Gasteiger partial charge in [0.15, 0.2) is 0 Å². The van der Waals surface area contributed by atoms with Crippen molar-refractivity contribution in [3.05, 3.63) is 52.4 Å². The second kappa shape index (κ2) is 7.80. The van der Waals surface area contributed by atoms with Gasteiger partial charge in [-0.15, -0.1) is 0 Å². The smallest absolute Gasteiger partial charge is 0.327 e. The van der Waals surface area contributed by atoms with Crippen molar-refractivity contribution in [2.75, 3.05) is 0 Å². The summed E-state index contributed by atoms with van der Waals surface area (Å²) in [5, 5.41) is 17.1. The van der Waals surface area contributed by atoms with E-state index in [-0.39, 0.29) is 4.91 Å². The maximum Gasteiger partial charge on any atom is 0.327 e. The zero-order valence-corrected chi connectivity index (χ0v) is 14.0. The molecule has 0 spiro atoms. The lowest BCUT2D eigenvalue weighted by molar-refractivity contribution is -0.150. The molecule has 1 aromatic carbocycles. The van der Waals surface area contributed by atoms with Gasteiger partial charge in [0.05, 0.1) is 11.3 Å². The minimum atomic E-state index is -1.73. The number of imide groups is 1. The van der Waals surface area contributed by atoms with Gasteiger partial charge >= 0.3 is 11.9 Å². The van der Waals surface area contributed by atoms with Crippen molar-refractivity contribution in [1.82, 2.24) is 4.90 Å². The van der Waals surface area contributed by atoms with Crippen LogP contribution in [0.15, 0.2) is 46.9 Å². The number of hydrogen-bond acceptors (Lipinski definition) is 5. The largest absolute Gasteiger partial charge is 0.481 e. The number of carboxylic acid groups (broad SMARTS) is 2. The molecule has 1 saturated heterocycles. The first-order valence-corrected chi connectivity index (χ1v) is 8.06. The Balaban J connectivity index is 2.26. The summed E-state index contributed by atoms with van der Waals surface area (Å²) in [4.78, 5) is 47.0. The monoisotopic (exact) mass is 361 g/mol. The molecule has 1 fully saturated rings. The normalized spacial score (nSPS) is 17.9. The quantitative estimate of drug-likeness (QED) is 0.749. The van der Waals surface area contributed by atoms with Crippen LogP contribution in [0.25, 0.3) is 6.08 Å². The van der Waals surface area contributed by atoms with Gasteiger partial charge in [-0.05, 0) is 35.9 Å². The van der Waals surface area contributed by atoms with Crippen molar-refractivity contribution in [3.63, 3.8) is 0 Å². The number of amides is 2. The Morgan fingerprint density at radius 3 is 2.40 bits per heavy atom. The summed E-state index contributed by atoms with van der Waals surface area (Å²) in [6.45, 7) is 1.74. The first-order chi connectivity index (χ1) is 11.8. The first-order valence-electron chi connectivity index (χ1n) is 7.24. The third-order valence-electron chi connectivity index (χ3n) is 3.34. The van der Waals surface area contributed by atoms with Crippen LogP contribution < -0.4 is 0 Å². The third-order valence-corrected chi connectivity index (χ3v) is 4.22. The number of rotatable bonds is 6. The average Bonchev–Trinajstić information content (AvgIpc) is 2.79. The third kappa shape index (κ3) is 4.57. The molecule has 0 saturated carbocycles. The maximum absolute atomic E-state index is 12.4. The molecule has 1 aliphatic rings. The van der Waals surface area contributed by atoms with Crippen molar-refractivity contribution >= 4 is 40.9 Å². The summed E-state index contributed by atoms with van der Waals surface area (Å²) in [5.74, 6) is -3.75. The molecule has 1 atom stereocenters. The number of allylic oxidation sites excluding steroid dienone is 2. The summed E-state index contributed by atoms with van der Waals surface area (Å²) < 4.78 is 0. The fourth-order valence-corrected chi connectivity index (χ4v) is 3.19. The molecule has 130 valence electrons. The highest BCUT2D eigenvalue weighted by Gasteiger charge is 2.43. The number of thioether (sulfide) groups is 1. The van der Waals surface area contributed by atoms with E-state index in [1.807, 2.05) is 30.3 Å². The zero-order chi connectivity index (χ0) is 18.6. The number of hydrogen-bond donors (Lipinski definition) is 2. The summed E-state index contributed by atoms with van der Waals surface area (Å²) in [5.41, 5.74) is 1.60. The fourth-order valence-electron chi connectivity index (χ4n) is 2.26. The molecule has 0 radical (unpaired) electrons. The Morgan fingerprint density at radius 2 is 1.84 bits per heavy atom. The molecule has 0 unspecified atom stereocenters. The lowest BCUT2D eigenvalue weighted by atomic mass is 10.1. The highest BCUT2D eigenvalue weighted by molar-refractivity contribution is 8.18. The van der Waals surface area contributed by atoms with Gasteiger partial charge in [0.25, 0.3) is 11.1 Å². The second-order valence-corrected chi connectivity index (χ2v) is 6.30. The predicted octanol–water partition coefficient (Wildman–Crippen LogP) is 2.60. The maximum atomic E-state index is 12.4. The number of carboxylic acids is 2.